The Morgan fingerprint density at radius 1 is 0.857 bits per heavy atom. The molecule has 0 radical (unpaired) electrons. The molecule has 4 rings (SSSR count). The number of phenols is 1. The summed E-state index contributed by atoms with van der Waals surface area (Å²) >= 11 is 0. The SMILES string of the molecule is CCN(CC)c1ccc2c(c1)Oc1cc(O)ccc1C2c1ccccc1CO. The number of benzene rings is 3. The average Bonchev–Trinajstić information content (AvgIpc) is 2.72. The second-order valence-electron chi connectivity index (χ2n) is 7.01. The molecule has 1 aliphatic heterocycles. The number of fused-ring (bicyclic) bond motifs is 2. The molecule has 0 spiro atoms. The van der Waals surface area contributed by atoms with Gasteiger partial charge in [-0.1, -0.05) is 36.4 Å². The third kappa shape index (κ3) is 3.10. The monoisotopic (exact) mass is 375 g/mol. The topological polar surface area (TPSA) is 52.9 Å². The molecule has 4 nitrogen and oxygen atoms in total. The van der Waals surface area contributed by atoms with Crippen molar-refractivity contribution in [2.75, 3.05) is 18.0 Å². The summed E-state index contributed by atoms with van der Waals surface area (Å²) in [4.78, 5) is 2.28. The second kappa shape index (κ2) is 7.56. The van der Waals surface area contributed by atoms with Gasteiger partial charge in [-0.3, -0.25) is 0 Å². The summed E-state index contributed by atoms with van der Waals surface area (Å²) in [5, 5.41) is 19.9. The Kier molecular flexibility index (Phi) is 4.97. The van der Waals surface area contributed by atoms with Gasteiger partial charge >= 0.3 is 0 Å². The van der Waals surface area contributed by atoms with E-state index in [2.05, 4.69) is 43.0 Å². The van der Waals surface area contributed by atoms with Crippen LogP contribution in [0.15, 0.2) is 60.7 Å². The van der Waals surface area contributed by atoms with E-state index in [4.69, 9.17) is 4.74 Å². The van der Waals surface area contributed by atoms with Crippen LogP contribution in [0.25, 0.3) is 0 Å². The minimum absolute atomic E-state index is 0.0200. The molecule has 0 saturated carbocycles. The van der Waals surface area contributed by atoms with E-state index in [9.17, 15) is 10.2 Å². The molecule has 0 aliphatic carbocycles. The molecule has 1 aliphatic rings. The van der Waals surface area contributed by atoms with Gasteiger partial charge < -0.3 is 19.8 Å². The molecule has 28 heavy (non-hydrogen) atoms. The number of ether oxygens (including phenoxy) is 1. The summed E-state index contributed by atoms with van der Waals surface area (Å²) in [5.41, 5.74) is 5.11. The van der Waals surface area contributed by atoms with E-state index in [-0.39, 0.29) is 18.3 Å². The van der Waals surface area contributed by atoms with Gasteiger partial charge in [0.2, 0.25) is 0 Å². The molecule has 2 N–H and O–H groups in total. The fraction of sp³-hybridized carbons (Fsp3) is 0.250. The Hall–Kier alpha value is -2.98. The zero-order chi connectivity index (χ0) is 19.7. The van der Waals surface area contributed by atoms with Gasteiger partial charge in [-0.2, -0.15) is 0 Å². The van der Waals surface area contributed by atoms with Gasteiger partial charge in [-0.15, -0.1) is 0 Å². The van der Waals surface area contributed by atoms with Crippen molar-refractivity contribution in [2.24, 2.45) is 0 Å². The molecular formula is C24H25NO3. The van der Waals surface area contributed by atoms with Crippen LogP contribution in [0.4, 0.5) is 5.69 Å². The number of aliphatic hydroxyl groups excluding tert-OH is 1. The van der Waals surface area contributed by atoms with Crippen LogP contribution >= 0.6 is 0 Å². The van der Waals surface area contributed by atoms with Crippen molar-refractivity contribution in [3.05, 3.63) is 82.9 Å². The van der Waals surface area contributed by atoms with E-state index in [1.165, 1.54) is 0 Å². The summed E-state index contributed by atoms with van der Waals surface area (Å²) in [5.74, 6) is 1.56. The number of rotatable bonds is 5. The number of hydrogen-bond donors (Lipinski definition) is 2. The fourth-order valence-corrected chi connectivity index (χ4v) is 4.07. The molecule has 0 fully saturated rings. The molecule has 1 heterocycles. The summed E-state index contributed by atoms with van der Waals surface area (Å²) in [6.45, 7) is 6.09. The lowest BCUT2D eigenvalue weighted by molar-refractivity contribution is 0.280. The first-order valence-electron chi connectivity index (χ1n) is 9.74. The Balaban J connectivity index is 1.91. The Labute approximate surface area is 165 Å². The number of phenolic OH excluding ortho intramolecular Hbond substituents is 1. The number of hydrogen-bond acceptors (Lipinski definition) is 4. The molecule has 3 aromatic rings. The highest BCUT2D eigenvalue weighted by Gasteiger charge is 2.30. The molecule has 0 bridgehead atoms. The van der Waals surface area contributed by atoms with Crippen molar-refractivity contribution in [1.29, 1.82) is 0 Å². The third-order valence-electron chi connectivity index (χ3n) is 5.50. The van der Waals surface area contributed by atoms with Crippen LogP contribution in [-0.4, -0.2) is 23.3 Å². The van der Waals surface area contributed by atoms with Crippen molar-refractivity contribution in [3.8, 4) is 17.2 Å². The predicted molar refractivity (Wildman–Crippen MR) is 111 cm³/mol. The van der Waals surface area contributed by atoms with Crippen molar-refractivity contribution in [3.63, 3.8) is 0 Å². The summed E-state index contributed by atoms with van der Waals surface area (Å²) in [6, 6.07) is 19.5. The lowest BCUT2D eigenvalue weighted by Gasteiger charge is -2.31. The summed E-state index contributed by atoms with van der Waals surface area (Å²) in [6.07, 6.45) is 0. The zero-order valence-electron chi connectivity index (χ0n) is 16.2. The van der Waals surface area contributed by atoms with Gasteiger partial charge in [0.15, 0.2) is 0 Å². The van der Waals surface area contributed by atoms with Crippen LogP contribution in [-0.2, 0) is 6.61 Å². The van der Waals surface area contributed by atoms with Crippen LogP contribution in [0.2, 0.25) is 0 Å². The van der Waals surface area contributed by atoms with Gasteiger partial charge in [0.05, 0.1) is 6.61 Å². The largest absolute Gasteiger partial charge is 0.508 e. The van der Waals surface area contributed by atoms with Gasteiger partial charge in [0.1, 0.15) is 17.2 Å². The summed E-state index contributed by atoms with van der Waals surface area (Å²) in [7, 11) is 0. The maximum Gasteiger partial charge on any atom is 0.135 e. The molecule has 0 amide bonds. The van der Waals surface area contributed by atoms with Crippen molar-refractivity contribution < 1.29 is 14.9 Å². The maximum absolute atomic E-state index is 9.98. The van der Waals surface area contributed by atoms with Gasteiger partial charge in [0, 0.05) is 48.0 Å². The first kappa shape index (κ1) is 18.4. The van der Waals surface area contributed by atoms with Crippen molar-refractivity contribution in [1.82, 2.24) is 0 Å². The highest BCUT2D eigenvalue weighted by atomic mass is 16.5. The molecule has 144 valence electrons. The number of nitrogens with zero attached hydrogens (tertiary/aromatic N) is 1. The third-order valence-corrected chi connectivity index (χ3v) is 5.50. The van der Waals surface area contributed by atoms with Crippen LogP contribution in [0.5, 0.6) is 17.2 Å². The standard InChI is InChI=1S/C24H25NO3/c1-3-25(4-2)17-9-11-20-22(13-17)28-23-14-18(27)10-12-21(23)24(20)19-8-6-5-7-16(19)15-26/h5-14,24,26-27H,3-4,15H2,1-2H3. The number of aliphatic hydroxyl groups is 1. The second-order valence-corrected chi connectivity index (χ2v) is 7.01. The zero-order valence-corrected chi connectivity index (χ0v) is 16.2. The molecule has 0 saturated heterocycles. The Morgan fingerprint density at radius 3 is 2.25 bits per heavy atom. The van der Waals surface area contributed by atoms with Crippen LogP contribution in [0.1, 0.15) is 42.0 Å². The predicted octanol–water partition coefficient (Wildman–Crippen LogP) is 5.02. The fourth-order valence-electron chi connectivity index (χ4n) is 4.07. The highest BCUT2D eigenvalue weighted by Crippen LogP contribution is 2.49. The lowest BCUT2D eigenvalue weighted by Crippen LogP contribution is -2.22. The average molecular weight is 375 g/mol. The Bertz CT molecular complexity index is 995. The van der Waals surface area contributed by atoms with E-state index in [1.807, 2.05) is 24.3 Å². The van der Waals surface area contributed by atoms with Crippen LogP contribution in [0, 0.1) is 0 Å². The van der Waals surface area contributed by atoms with E-state index in [1.54, 1.807) is 12.1 Å². The lowest BCUT2D eigenvalue weighted by atomic mass is 9.80. The normalized spacial score (nSPS) is 14.8. The molecule has 3 aromatic carbocycles. The molecule has 1 atom stereocenters. The first-order chi connectivity index (χ1) is 13.7. The molecule has 1 unspecified atom stereocenters. The maximum atomic E-state index is 9.98. The van der Waals surface area contributed by atoms with E-state index < -0.39 is 0 Å². The smallest absolute Gasteiger partial charge is 0.135 e. The van der Waals surface area contributed by atoms with Crippen molar-refractivity contribution >= 4 is 5.69 Å². The minimum atomic E-state index is -0.0616. The van der Waals surface area contributed by atoms with E-state index >= 15 is 0 Å². The number of anilines is 1. The van der Waals surface area contributed by atoms with Gasteiger partial charge in [-0.05, 0) is 37.1 Å². The Morgan fingerprint density at radius 2 is 1.54 bits per heavy atom. The molecular weight excluding hydrogens is 350 g/mol. The van der Waals surface area contributed by atoms with E-state index in [0.717, 1.165) is 46.8 Å². The van der Waals surface area contributed by atoms with Crippen LogP contribution in [0.3, 0.4) is 0 Å². The molecule has 4 heteroatoms. The summed E-state index contributed by atoms with van der Waals surface area (Å²) < 4.78 is 6.21. The number of aromatic hydroxyl groups is 1. The van der Waals surface area contributed by atoms with Gasteiger partial charge in [0.25, 0.3) is 0 Å². The quantitative estimate of drug-likeness (QED) is 0.514. The first-order valence-corrected chi connectivity index (χ1v) is 9.74. The highest BCUT2D eigenvalue weighted by molar-refractivity contribution is 5.64. The molecule has 0 aromatic heterocycles. The van der Waals surface area contributed by atoms with Gasteiger partial charge in [-0.25, -0.2) is 0 Å². The van der Waals surface area contributed by atoms with E-state index in [0.29, 0.717) is 5.75 Å². The van der Waals surface area contributed by atoms with Crippen LogP contribution < -0.4 is 9.64 Å². The van der Waals surface area contributed by atoms with Crippen molar-refractivity contribution in [2.45, 2.75) is 26.4 Å². The minimum Gasteiger partial charge on any atom is -0.508 e.